The predicted octanol–water partition coefficient (Wildman–Crippen LogP) is 3.16. The molecule has 3 rings (SSSR count). The molecular formula is C22H24FN3O3. The minimum absolute atomic E-state index is 0.0951. The second-order valence-corrected chi connectivity index (χ2v) is 7.05. The first-order valence-electron chi connectivity index (χ1n) is 9.62. The average Bonchev–Trinajstić information content (AvgIpc) is 3.22. The van der Waals surface area contributed by atoms with Crippen LogP contribution in [0, 0.1) is 5.82 Å². The Morgan fingerprint density at radius 2 is 2.03 bits per heavy atom. The van der Waals surface area contributed by atoms with E-state index in [0.717, 1.165) is 12.0 Å². The van der Waals surface area contributed by atoms with Gasteiger partial charge in [0.2, 0.25) is 6.10 Å². The molecule has 0 radical (unpaired) electrons. The van der Waals surface area contributed by atoms with Crippen molar-refractivity contribution in [2.24, 2.45) is 5.16 Å². The molecule has 0 fully saturated rings. The zero-order chi connectivity index (χ0) is 20.8. The molecule has 2 N–H and O–H groups in total. The summed E-state index contributed by atoms with van der Waals surface area (Å²) in [6, 6.07) is 13.2. The van der Waals surface area contributed by atoms with Crippen molar-refractivity contribution in [2.75, 3.05) is 0 Å². The Morgan fingerprint density at radius 3 is 2.79 bits per heavy atom. The van der Waals surface area contributed by atoms with Gasteiger partial charge in [0, 0.05) is 30.1 Å². The van der Waals surface area contributed by atoms with Gasteiger partial charge in [0.25, 0.3) is 11.8 Å². The van der Waals surface area contributed by atoms with Gasteiger partial charge in [0.05, 0.1) is 5.71 Å². The summed E-state index contributed by atoms with van der Waals surface area (Å²) < 4.78 is 13.4. The lowest BCUT2D eigenvalue weighted by Gasteiger charge is -2.13. The maximum absolute atomic E-state index is 13.4. The Hall–Kier alpha value is -3.22. The molecule has 2 amide bonds. The van der Waals surface area contributed by atoms with Crippen LogP contribution in [0.5, 0.6) is 0 Å². The van der Waals surface area contributed by atoms with Crippen LogP contribution >= 0.6 is 0 Å². The highest BCUT2D eigenvalue weighted by Crippen LogP contribution is 2.18. The third kappa shape index (κ3) is 5.40. The number of rotatable bonds is 7. The van der Waals surface area contributed by atoms with Crippen molar-refractivity contribution in [3.8, 4) is 0 Å². The lowest BCUT2D eigenvalue weighted by molar-refractivity contribution is -0.131. The molecule has 7 heteroatoms. The maximum atomic E-state index is 13.4. The van der Waals surface area contributed by atoms with Gasteiger partial charge in [0.15, 0.2) is 0 Å². The minimum Gasteiger partial charge on any atom is -0.382 e. The van der Waals surface area contributed by atoms with Gasteiger partial charge in [-0.05, 0) is 43.2 Å². The smallest absolute Gasteiger partial charge is 0.264 e. The van der Waals surface area contributed by atoms with Crippen LogP contribution in [-0.2, 0) is 16.2 Å². The zero-order valence-electron chi connectivity index (χ0n) is 16.4. The first-order valence-corrected chi connectivity index (χ1v) is 9.62. The molecule has 1 aliphatic rings. The molecule has 0 aliphatic carbocycles. The Kier molecular flexibility index (Phi) is 6.59. The summed E-state index contributed by atoms with van der Waals surface area (Å²) in [6.45, 7) is 4.22. The van der Waals surface area contributed by atoms with Gasteiger partial charge in [0.1, 0.15) is 5.82 Å². The summed E-state index contributed by atoms with van der Waals surface area (Å²) in [5, 5.41) is 9.63. The number of benzene rings is 2. The highest BCUT2D eigenvalue weighted by molar-refractivity contribution is 6.04. The number of nitrogens with zero attached hydrogens (tertiary/aromatic N) is 1. The summed E-state index contributed by atoms with van der Waals surface area (Å²) in [6.07, 6.45) is 0.361. The van der Waals surface area contributed by atoms with Crippen molar-refractivity contribution in [1.82, 2.24) is 10.6 Å². The lowest BCUT2D eigenvalue weighted by Crippen LogP contribution is -2.34. The van der Waals surface area contributed by atoms with Gasteiger partial charge >= 0.3 is 0 Å². The van der Waals surface area contributed by atoms with Crippen molar-refractivity contribution in [3.63, 3.8) is 0 Å². The molecule has 0 saturated carbocycles. The lowest BCUT2D eigenvalue weighted by atomic mass is 10.0. The summed E-state index contributed by atoms with van der Waals surface area (Å²) in [5.74, 6) is -0.815. The summed E-state index contributed by atoms with van der Waals surface area (Å²) in [4.78, 5) is 29.9. The number of amides is 2. The molecule has 152 valence electrons. The molecule has 2 aromatic rings. The Bertz CT molecular complexity index is 929. The van der Waals surface area contributed by atoms with Gasteiger partial charge in [-0.15, -0.1) is 0 Å². The fraction of sp³-hybridized carbons (Fsp3) is 0.318. The van der Waals surface area contributed by atoms with E-state index in [4.69, 9.17) is 4.84 Å². The summed E-state index contributed by atoms with van der Waals surface area (Å²) in [5.41, 5.74) is 2.49. The fourth-order valence-corrected chi connectivity index (χ4v) is 2.89. The second kappa shape index (κ2) is 9.32. The molecule has 29 heavy (non-hydrogen) atoms. The van der Waals surface area contributed by atoms with Gasteiger partial charge in [-0.3, -0.25) is 9.59 Å². The fourth-order valence-electron chi connectivity index (χ4n) is 2.89. The van der Waals surface area contributed by atoms with Crippen molar-refractivity contribution in [3.05, 3.63) is 71.0 Å². The van der Waals surface area contributed by atoms with E-state index in [0.29, 0.717) is 16.8 Å². The number of halogens is 1. The van der Waals surface area contributed by atoms with Crippen LogP contribution in [0.4, 0.5) is 4.39 Å². The molecule has 0 spiro atoms. The van der Waals surface area contributed by atoms with E-state index >= 15 is 0 Å². The molecule has 2 atom stereocenters. The van der Waals surface area contributed by atoms with Crippen molar-refractivity contribution in [2.45, 2.75) is 45.4 Å². The van der Waals surface area contributed by atoms with Crippen LogP contribution in [-0.4, -0.2) is 29.7 Å². The van der Waals surface area contributed by atoms with Crippen LogP contribution in [0.15, 0.2) is 53.7 Å². The van der Waals surface area contributed by atoms with E-state index in [1.165, 1.54) is 12.1 Å². The topological polar surface area (TPSA) is 79.8 Å². The highest BCUT2D eigenvalue weighted by Gasteiger charge is 2.28. The monoisotopic (exact) mass is 397 g/mol. The first-order chi connectivity index (χ1) is 14.0. The zero-order valence-corrected chi connectivity index (χ0v) is 16.4. The van der Waals surface area contributed by atoms with Crippen molar-refractivity contribution >= 4 is 17.5 Å². The quantitative estimate of drug-likeness (QED) is 0.753. The van der Waals surface area contributed by atoms with E-state index in [9.17, 15) is 14.0 Å². The molecule has 1 aliphatic heterocycles. The first kappa shape index (κ1) is 20.5. The standard InChI is InChI=1S/C22H24FN3O3/c1-3-14(2)25-21(27)17-8-4-6-15(10-17)13-24-22(28)20-12-19(26-29-20)16-7-5-9-18(23)11-16/h4-11,14,20H,3,12-13H2,1-2H3,(H,24,28)(H,25,27). The Balaban J connectivity index is 1.54. The van der Waals surface area contributed by atoms with Crippen LogP contribution in [0.2, 0.25) is 0 Å². The number of hydrogen-bond donors (Lipinski definition) is 2. The van der Waals surface area contributed by atoms with E-state index in [-0.39, 0.29) is 36.6 Å². The Labute approximate surface area is 169 Å². The molecule has 1 heterocycles. The van der Waals surface area contributed by atoms with Crippen LogP contribution in [0.1, 0.15) is 48.2 Å². The normalized spacial score (nSPS) is 16.5. The molecule has 6 nitrogen and oxygen atoms in total. The number of nitrogens with one attached hydrogen (secondary N) is 2. The van der Waals surface area contributed by atoms with E-state index in [1.807, 2.05) is 19.9 Å². The van der Waals surface area contributed by atoms with Crippen molar-refractivity contribution in [1.29, 1.82) is 0 Å². The highest BCUT2D eigenvalue weighted by atomic mass is 19.1. The number of hydrogen-bond acceptors (Lipinski definition) is 4. The SMILES string of the molecule is CCC(C)NC(=O)c1cccc(CNC(=O)C2CC(c3cccc(F)c3)=NO2)c1. The largest absolute Gasteiger partial charge is 0.382 e. The van der Waals surface area contributed by atoms with Crippen LogP contribution in [0.3, 0.4) is 0 Å². The molecule has 0 saturated heterocycles. The number of carbonyl (C=O) groups is 2. The minimum atomic E-state index is -0.759. The van der Waals surface area contributed by atoms with Gasteiger partial charge < -0.3 is 15.5 Å². The van der Waals surface area contributed by atoms with Gasteiger partial charge in [-0.2, -0.15) is 0 Å². The Morgan fingerprint density at radius 1 is 1.24 bits per heavy atom. The second-order valence-electron chi connectivity index (χ2n) is 7.05. The van der Waals surface area contributed by atoms with Crippen molar-refractivity contribution < 1.29 is 18.8 Å². The van der Waals surface area contributed by atoms with Gasteiger partial charge in [-0.1, -0.05) is 36.3 Å². The van der Waals surface area contributed by atoms with E-state index in [2.05, 4.69) is 15.8 Å². The summed E-state index contributed by atoms with van der Waals surface area (Å²) in [7, 11) is 0. The molecule has 0 bridgehead atoms. The molecule has 2 unspecified atom stereocenters. The molecular weight excluding hydrogens is 373 g/mol. The predicted molar refractivity (Wildman–Crippen MR) is 108 cm³/mol. The average molecular weight is 397 g/mol. The van der Waals surface area contributed by atoms with E-state index in [1.54, 1.807) is 30.3 Å². The third-order valence-corrected chi connectivity index (χ3v) is 4.76. The molecule has 0 aromatic heterocycles. The maximum Gasteiger partial charge on any atom is 0.264 e. The third-order valence-electron chi connectivity index (χ3n) is 4.76. The number of oxime groups is 1. The van der Waals surface area contributed by atoms with Crippen LogP contribution in [0.25, 0.3) is 0 Å². The number of carbonyl (C=O) groups excluding carboxylic acids is 2. The molecule has 2 aromatic carbocycles. The summed E-state index contributed by atoms with van der Waals surface area (Å²) >= 11 is 0. The van der Waals surface area contributed by atoms with E-state index < -0.39 is 6.10 Å². The van der Waals surface area contributed by atoms with Gasteiger partial charge in [-0.25, -0.2) is 4.39 Å². The van der Waals surface area contributed by atoms with Crippen LogP contribution < -0.4 is 10.6 Å².